The fraction of sp³-hybridized carbons (Fsp3) is 0.471. The van der Waals surface area contributed by atoms with Crippen LogP contribution >= 0.6 is 0 Å². The second kappa shape index (κ2) is 8.42. The van der Waals surface area contributed by atoms with Gasteiger partial charge in [-0.25, -0.2) is 4.79 Å². The van der Waals surface area contributed by atoms with Crippen LogP contribution in [0.2, 0.25) is 0 Å². The van der Waals surface area contributed by atoms with E-state index in [1.807, 2.05) is 30.3 Å². The largest absolute Gasteiger partial charge is 0.444 e. The Morgan fingerprint density at radius 2 is 1.95 bits per heavy atom. The van der Waals surface area contributed by atoms with Crippen molar-refractivity contribution < 1.29 is 19.7 Å². The predicted octanol–water partition coefficient (Wildman–Crippen LogP) is 1.63. The van der Waals surface area contributed by atoms with E-state index in [9.17, 15) is 9.90 Å². The molecule has 1 aromatic rings. The number of carbonyl (C=O) groups is 1. The molecule has 5 heteroatoms. The molecular formula is C17H23NO4. The summed E-state index contributed by atoms with van der Waals surface area (Å²) in [5, 5.41) is 19.0. The van der Waals surface area contributed by atoms with Crippen LogP contribution in [0.3, 0.4) is 0 Å². The number of aliphatic hydroxyl groups is 2. The molecule has 0 spiro atoms. The highest BCUT2D eigenvalue weighted by Crippen LogP contribution is 2.10. The van der Waals surface area contributed by atoms with Crippen molar-refractivity contribution in [2.24, 2.45) is 0 Å². The zero-order chi connectivity index (χ0) is 16.6. The lowest BCUT2D eigenvalue weighted by atomic mass is 10.2. The number of aliphatic hydroxyl groups excluding tert-OH is 2. The molecule has 1 rings (SSSR count). The summed E-state index contributed by atoms with van der Waals surface area (Å²) in [6.45, 7) is 5.13. The molecule has 0 radical (unpaired) electrons. The van der Waals surface area contributed by atoms with Gasteiger partial charge in [-0.3, -0.25) is 0 Å². The third-order valence-corrected chi connectivity index (χ3v) is 2.57. The van der Waals surface area contributed by atoms with Crippen molar-refractivity contribution in [2.75, 3.05) is 19.7 Å². The summed E-state index contributed by atoms with van der Waals surface area (Å²) in [7, 11) is 0. The predicted molar refractivity (Wildman–Crippen MR) is 84.2 cm³/mol. The summed E-state index contributed by atoms with van der Waals surface area (Å²) in [6, 6.07) is 9.26. The highest BCUT2D eigenvalue weighted by molar-refractivity contribution is 5.68. The van der Waals surface area contributed by atoms with E-state index < -0.39 is 17.8 Å². The molecular weight excluding hydrogens is 282 g/mol. The molecule has 0 aromatic heterocycles. The van der Waals surface area contributed by atoms with Crippen molar-refractivity contribution in [3.8, 4) is 11.8 Å². The van der Waals surface area contributed by atoms with Crippen molar-refractivity contribution in [1.82, 2.24) is 4.90 Å². The molecule has 0 bridgehead atoms. The molecule has 0 saturated carbocycles. The van der Waals surface area contributed by atoms with Gasteiger partial charge in [-0.15, -0.1) is 0 Å². The summed E-state index contributed by atoms with van der Waals surface area (Å²) in [6.07, 6.45) is -1.60. The molecule has 1 amide bonds. The Labute approximate surface area is 131 Å². The van der Waals surface area contributed by atoms with Crippen LogP contribution in [0.5, 0.6) is 0 Å². The summed E-state index contributed by atoms with van der Waals surface area (Å²) in [5.41, 5.74) is 0.151. The summed E-state index contributed by atoms with van der Waals surface area (Å²) in [4.78, 5) is 13.2. The zero-order valence-electron chi connectivity index (χ0n) is 13.2. The minimum Gasteiger partial charge on any atom is -0.444 e. The first-order valence-electron chi connectivity index (χ1n) is 7.15. The van der Waals surface area contributed by atoms with E-state index in [2.05, 4.69) is 11.8 Å². The van der Waals surface area contributed by atoms with Gasteiger partial charge >= 0.3 is 6.09 Å². The summed E-state index contributed by atoms with van der Waals surface area (Å²) < 4.78 is 5.23. The second-order valence-corrected chi connectivity index (χ2v) is 5.80. The number of hydrogen-bond donors (Lipinski definition) is 2. The van der Waals surface area contributed by atoms with Crippen molar-refractivity contribution in [3.05, 3.63) is 35.9 Å². The first kappa shape index (κ1) is 18.0. The van der Waals surface area contributed by atoms with Gasteiger partial charge < -0.3 is 19.8 Å². The molecule has 1 unspecified atom stereocenters. The molecule has 0 aliphatic carbocycles. The van der Waals surface area contributed by atoms with Crippen molar-refractivity contribution >= 4 is 6.09 Å². The smallest absolute Gasteiger partial charge is 0.410 e. The Bertz CT molecular complexity index is 525. The lowest BCUT2D eigenvalue weighted by Crippen LogP contribution is -2.42. The van der Waals surface area contributed by atoms with Gasteiger partial charge in [0.2, 0.25) is 0 Å². The van der Waals surface area contributed by atoms with Crippen LogP contribution in [-0.2, 0) is 4.74 Å². The molecule has 0 aliphatic heterocycles. The van der Waals surface area contributed by atoms with E-state index in [-0.39, 0.29) is 19.7 Å². The molecule has 1 atom stereocenters. The minimum absolute atomic E-state index is 0.0185. The second-order valence-electron chi connectivity index (χ2n) is 5.80. The maximum atomic E-state index is 12.0. The van der Waals surface area contributed by atoms with Gasteiger partial charge in [0.15, 0.2) is 0 Å². The van der Waals surface area contributed by atoms with Crippen molar-refractivity contribution in [3.63, 3.8) is 0 Å². The van der Waals surface area contributed by atoms with Crippen LogP contribution in [0.25, 0.3) is 0 Å². The highest BCUT2D eigenvalue weighted by Gasteiger charge is 2.23. The molecule has 22 heavy (non-hydrogen) atoms. The Morgan fingerprint density at radius 1 is 1.32 bits per heavy atom. The van der Waals surface area contributed by atoms with Gasteiger partial charge in [0.05, 0.1) is 13.2 Å². The maximum Gasteiger partial charge on any atom is 0.410 e. The van der Waals surface area contributed by atoms with Crippen LogP contribution in [0.1, 0.15) is 26.3 Å². The molecule has 0 fully saturated rings. The molecule has 1 aromatic carbocycles. The fourth-order valence-electron chi connectivity index (χ4n) is 1.65. The molecule has 5 nitrogen and oxygen atoms in total. The van der Waals surface area contributed by atoms with Crippen molar-refractivity contribution in [2.45, 2.75) is 32.5 Å². The minimum atomic E-state index is -1.01. The van der Waals surface area contributed by atoms with Crippen LogP contribution < -0.4 is 0 Å². The zero-order valence-corrected chi connectivity index (χ0v) is 13.2. The highest BCUT2D eigenvalue weighted by atomic mass is 16.6. The molecule has 0 saturated heterocycles. The Kier molecular flexibility index (Phi) is 6.90. The first-order valence-corrected chi connectivity index (χ1v) is 7.15. The van der Waals surface area contributed by atoms with Gasteiger partial charge in [-0.1, -0.05) is 30.0 Å². The normalized spacial score (nSPS) is 12.0. The van der Waals surface area contributed by atoms with E-state index in [0.717, 1.165) is 5.56 Å². The average molecular weight is 305 g/mol. The average Bonchev–Trinajstić information content (AvgIpc) is 2.44. The Balaban J connectivity index is 2.66. The lowest BCUT2D eigenvalue weighted by Gasteiger charge is -2.27. The van der Waals surface area contributed by atoms with E-state index in [1.54, 1.807) is 20.8 Å². The van der Waals surface area contributed by atoms with Gasteiger partial charge in [0, 0.05) is 12.1 Å². The number of nitrogens with zero attached hydrogens (tertiary/aromatic N) is 1. The number of carbonyl (C=O) groups excluding carboxylic acids is 1. The quantitative estimate of drug-likeness (QED) is 0.830. The Morgan fingerprint density at radius 3 is 2.50 bits per heavy atom. The van der Waals surface area contributed by atoms with Gasteiger partial charge in [-0.2, -0.15) is 0 Å². The number of hydrogen-bond acceptors (Lipinski definition) is 4. The molecule has 120 valence electrons. The van der Waals surface area contributed by atoms with Crippen LogP contribution in [0, 0.1) is 11.8 Å². The van der Waals surface area contributed by atoms with Gasteiger partial charge in [0.25, 0.3) is 0 Å². The van der Waals surface area contributed by atoms with Crippen LogP contribution in [0.4, 0.5) is 4.79 Å². The number of rotatable bonds is 4. The maximum absolute atomic E-state index is 12.0. The SMILES string of the molecule is CC(C)(C)OC(=O)N(CCO)CC(O)C#Cc1ccccc1. The molecule has 2 N–H and O–H groups in total. The monoisotopic (exact) mass is 305 g/mol. The topological polar surface area (TPSA) is 70.0 Å². The van der Waals surface area contributed by atoms with Gasteiger partial charge in [0.1, 0.15) is 11.7 Å². The third-order valence-electron chi connectivity index (χ3n) is 2.57. The van der Waals surface area contributed by atoms with Crippen molar-refractivity contribution in [1.29, 1.82) is 0 Å². The standard InChI is InChI=1S/C17H23NO4/c1-17(2,3)22-16(21)18(11-12-19)13-15(20)10-9-14-7-5-4-6-8-14/h4-8,15,19-20H,11-13H2,1-3H3. The summed E-state index contributed by atoms with van der Waals surface area (Å²) >= 11 is 0. The number of ether oxygens (including phenoxy) is 1. The number of amides is 1. The summed E-state index contributed by atoms with van der Waals surface area (Å²) in [5.74, 6) is 5.52. The third kappa shape index (κ3) is 7.11. The Hall–Kier alpha value is -2.03. The molecule has 0 aliphatic rings. The number of benzene rings is 1. The fourth-order valence-corrected chi connectivity index (χ4v) is 1.65. The van der Waals surface area contributed by atoms with E-state index in [4.69, 9.17) is 9.84 Å². The van der Waals surface area contributed by atoms with Crippen LogP contribution in [-0.4, -0.2) is 52.6 Å². The van der Waals surface area contributed by atoms with Gasteiger partial charge in [-0.05, 0) is 32.9 Å². The first-order chi connectivity index (χ1) is 10.3. The van der Waals surface area contributed by atoms with Crippen LogP contribution in [0.15, 0.2) is 30.3 Å². The lowest BCUT2D eigenvalue weighted by molar-refractivity contribution is 0.0154. The van der Waals surface area contributed by atoms with E-state index in [0.29, 0.717) is 0 Å². The molecule has 0 heterocycles. The van der Waals surface area contributed by atoms with E-state index >= 15 is 0 Å². The van der Waals surface area contributed by atoms with E-state index in [1.165, 1.54) is 4.90 Å².